The summed E-state index contributed by atoms with van der Waals surface area (Å²) < 4.78 is 14.3. The van der Waals surface area contributed by atoms with Crippen LogP contribution in [0.4, 0.5) is 10.1 Å². The Balaban J connectivity index is 1.76. The number of nitrogens with zero attached hydrogens (tertiary/aromatic N) is 1. The van der Waals surface area contributed by atoms with Gasteiger partial charge in [-0.3, -0.25) is 0 Å². The van der Waals surface area contributed by atoms with Gasteiger partial charge >= 0.3 is 0 Å². The molecule has 1 N–H and O–H groups in total. The number of rotatable bonds is 5. The number of hydrogen-bond acceptors (Lipinski definition) is 2. The zero-order valence-electron chi connectivity index (χ0n) is 13.1. The average Bonchev–Trinajstić information content (AvgIpc) is 3.31. The molecule has 0 saturated heterocycles. The topological polar surface area (TPSA) is 15.3 Å². The van der Waals surface area contributed by atoms with Crippen molar-refractivity contribution in [2.75, 3.05) is 11.9 Å². The lowest BCUT2D eigenvalue weighted by molar-refractivity contribution is 0.543. The number of anilines is 1. The first-order valence-corrected chi connectivity index (χ1v) is 8.49. The summed E-state index contributed by atoms with van der Waals surface area (Å²) >= 11 is 0. The van der Waals surface area contributed by atoms with Crippen molar-refractivity contribution >= 4 is 5.69 Å². The van der Waals surface area contributed by atoms with Gasteiger partial charge in [-0.15, -0.1) is 0 Å². The second kappa shape index (κ2) is 6.78. The predicted octanol–water partition coefficient (Wildman–Crippen LogP) is 4.24. The summed E-state index contributed by atoms with van der Waals surface area (Å²) in [6, 6.07) is 6.69. The van der Waals surface area contributed by atoms with Crippen molar-refractivity contribution in [2.45, 2.75) is 70.0 Å². The third-order valence-electron chi connectivity index (χ3n) is 4.99. The van der Waals surface area contributed by atoms with Crippen LogP contribution in [0.5, 0.6) is 0 Å². The van der Waals surface area contributed by atoms with Crippen LogP contribution in [0.1, 0.15) is 56.9 Å². The Kier molecular flexibility index (Phi) is 4.79. The SMILES string of the molecule is CN(c1cccc(F)c1CNC1CC1)C1CCCCCC1. The molecule has 1 aromatic carbocycles. The highest BCUT2D eigenvalue weighted by molar-refractivity contribution is 5.54. The molecule has 2 nitrogen and oxygen atoms in total. The lowest BCUT2D eigenvalue weighted by atomic mass is 10.0. The largest absolute Gasteiger partial charge is 0.371 e. The molecule has 0 spiro atoms. The van der Waals surface area contributed by atoms with E-state index in [1.54, 1.807) is 6.07 Å². The predicted molar refractivity (Wildman–Crippen MR) is 86.2 cm³/mol. The molecule has 3 heteroatoms. The van der Waals surface area contributed by atoms with Crippen molar-refractivity contribution in [1.82, 2.24) is 5.32 Å². The van der Waals surface area contributed by atoms with E-state index in [0.717, 1.165) is 11.3 Å². The van der Waals surface area contributed by atoms with Gasteiger partial charge in [0.15, 0.2) is 0 Å². The zero-order chi connectivity index (χ0) is 14.7. The minimum absolute atomic E-state index is 0.0684. The van der Waals surface area contributed by atoms with Crippen molar-refractivity contribution < 1.29 is 4.39 Å². The molecule has 21 heavy (non-hydrogen) atoms. The van der Waals surface area contributed by atoms with Crippen molar-refractivity contribution in [1.29, 1.82) is 0 Å². The van der Waals surface area contributed by atoms with Crippen molar-refractivity contribution in [2.24, 2.45) is 0 Å². The van der Waals surface area contributed by atoms with Gasteiger partial charge in [0.25, 0.3) is 0 Å². The van der Waals surface area contributed by atoms with Gasteiger partial charge in [0.1, 0.15) is 5.82 Å². The highest BCUT2D eigenvalue weighted by atomic mass is 19.1. The molecule has 0 amide bonds. The summed E-state index contributed by atoms with van der Waals surface area (Å²) in [4.78, 5) is 2.33. The molecule has 2 fully saturated rings. The van der Waals surface area contributed by atoms with E-state index in [2.05, 4.69) is 23.3 Å². The average molecular weight is 290 g/mol. The van der Waals surface area contributed by atoms with E-state index in [4.69, 9.17) is 0 Å². The molecule has 0 radical (unpaired) electrons. The summed E-state index contributed by atoms with van der Waals surface area (Å²) in [5.74, 6) is -0.0684. The summed E-state index contributed by atoms with van der Waals surface area (Å²) in [5.41, 5.74) is 1.92. The van der Waals surface area contributed by atoms with Gasteiger partial charge in [-0.05, 0) is 37.8 Å². The monoisotopic (exact) mass is 290 g/mol. The minimum Gasteiger partial charge on any atom is -0.371 e. The maximum absolute atomic E-state index is 14.3. The van der Waals surface area contributed by atoms with Gasteiger partial charge in [-0.1, -0.05) is 31.7 Å². The van der Waals surface area contributed by atoms with E-state index in [0.29, 0.717) is 18.6 Å². The van der Waals surface area contributed by atoms with Crippen molar-refractivity contribution in [3.05, 3.63) is 29.6 Å². The van der Waals surface area contributed by atoms with Gasteiger partial charge in [-0.2, -0.15) is 0 Å². The Hall–Kier alpha value is -1.09. The minimum atomic E-state index is -0.0684. The molecule has 0 aromatic heterocycles. The summed E-state index contributed by atoms with van der Waals surface area (Å²) in [7, 11) is 2.14. The number of hydrogen-bond donors (Lipinski definition) is 1. The second-order valence-electron chi connectivity index (χ2n) is 6.65. The molecule has 0 aliphatic heterocycles. The fourth-order valence-electron chi connectivity index (χ4n) is 3.43. The molecule has 1 aromatic rings. The zero-order valence-corrected chi connectivity index (χ0v) is 13.1. The first-order chi connectivity index (χ1) is 10.3. The molecule has 116 valence electrons. The van der Waals surface area contributed by atoms with Gasteiger partial charge in [-0.25, -0.2) is 4.39 Å². The van der Waals surface area contributed by atoms with E-state index < -0.39 is 0 Å². The van der Waals surface area contributed by atoms with Crippen LogP contribution in [0.25, 0.3) is 0 Å². The van der Waals surface area contributed by atoms with Gasteiger partial charge < -0.3 is 10.2 Å². The fourth-order valence-corrected chi connectivity index (χ4v) is 3.43. The summed E-state index contributed by atoms with van der Waals surface area (Å²) in [6.07, 6.45) is 10.3. The molecular formula is C18H27FN2. The van der Waals surface area contributed by atoms with Gasteiger partial charge in [0, 0.05) is 36.9 Å². The molecular weight excluding hydrogens is 263 g/mol. The highest BCUT2D eigenvalue weighted by Gasteiger charge is 2.24. The Morgan fingerprint density at radius 2 is 1.81 bits per heavy atom. The van der Waals surface area contributed by atoms with Crippen LogP contribution >= 0.6 is 0 Å². The second-order valence-corrected chi connectivity index (χ2v) is 6.65. The van der Waals surface area contributed by atoms with Crippen molar-refractivity contribution in [3.63, 3.8) is 0 Å². The molecule has 0 atom stereocenters. The van der Waals surface area contributed by atoms with Crippen LogP contribution in [0.3, 0.4) is 0 Å². The molecule has 2 aliphatic rings. The normalized spacial score (nSPS) is 20.3. The van der Waals surface area contributed by atoms with Crippen LogP contribution < -0.4 is 10.2 Å². The summed E-state index contributed by atoms with van der Waals surface area (Å²) in [6.45, 7) is 0.656. The first-order valence-electron chi connectivity index (χ1n) is 8.49. The first kappa shape index (κ1) is 14.8. The van der Waals surface area contributed by atoms with Crippen LogP contribution in [0, 0.1) is 5.82 Å². The lowest BCUT2D eigenvalue weighted by Gasteiger charge is -2.31. The lowest BCUT2D eigenvalue weighted by Crippen LogP contribution is -2.32. The number of benzene rings is 1. The standard InChI is InChI=1S/C18H27FN2/c1-21(15-7-4-2-3-5-8-15)18-10-6-9-17(19)16(18)13-20-14-11-12-14/h6,9-10,14-15,20H,2-5,7-8,11-13H2,1H3. The molecule has 0 unspecified atom stereocenters. The van der Waals surface area contributed by atoms with Crippen molar-refractivity contribution in [3.8, 4) is 0 Å². The fraction of sp³-hybridized carbons (Fsp3) is 0.667. The molecule has 3 rings (SSSR count). The van der Waals surface area contributed by atoms with E-state index in [1.807, 2.05) is 6.07 Å². The van der Waals surface area contributed by atoms with Crippen LogP contribution in [0.15, 0.2) is 18.2 Å². The van der Waals surface area contributed by atoms with Gasteiger partial charge in [0.05, 0.1) is 0 Å². The molecule has 0 heterocycles. The number of nitrogens with one attached hydrogen (secondary N) is 1. The maximum atomic E-state index is 14.3. The third-order valence-corrected chi connectivity index (χ3v) is 4.99. The summed E-state index contributed by atoms with van der Waals surface area (Å²) in [5, 5.41) is 3.46. The van der Waals surface area contributed by atoms with Crippen LogP contribution in [-0.4, -0.2) is 19.1 Å². The maximum Gasteiger partial charge on any atom is 0.129 e. The highest BCUT2D eigenvalue weighted by Crippen LogP contribution is 2.30. The third kappa shape index (κ3) is 3.76. The Labute approximate surface area is 127 Å². The van der Waals surface area contributed by atoms with Crippen LogP contribution in [0.2, 0.25) is 0 Å². The molecule has 2 aliphatic carbocycles. The van der Waals surface area contributed by atoms with E-state index in [9.17, 15) is 4.39 Å². The van der Waals surface area contributed by atoms with Gasteiger partial charge in [0.2, 0.25) is 0 Å². The van der Waals surface area contributed by atoms with E-state index >= 15 is 0 Å². The Morgan fingerprint density at radius 3 is 2.48 bits per heavy atom. The Morgan fingerprint density at radius 1 is 1.10 bits per heavy atom. The van der Waals surface area contributed by atoms with Crippen LogP contribution in [-0.2, 0) is 6.54 Å². The number of halogens is 1. The molecule has 2 saturated carbocycles. The van der Waals surface area contributed by atoms with E-state index in [-0.39, 0.29) is 5.82 Å². The Bertz CT molecular complexity index is 462. The van der Waals surface area contributed by atoms with E-state index in [1.165, 1.54) is 51.4 Å². The molecule has 0 bridgehead atoms. The smallest absolute Gasteiger partial charge is 0.129 e. The quantitative estimate of drug-likeness (QED) is 0.816.